The van der Waals surface area contributed by atoms with Gasteiger partial charge in [-0.15, -0.1) is 0 Å². The average Bonchev–Trinajstić information content (AvgIpc) is 2.27. The van der Waals surface area contributed by atoms with E-state index in [1.807, 2.05) is 0 Å². The SMILES string of the molecule is CC(C)(C)C(CS)COc1ccc(C(F)(F)F)cc1. The monoisotopic (exact) mass is 292 g/mol. The Morgan fingerprint density at radius 3 is 2.00 bits per heavy atom. The van der Waals surface area contributed by atoms with Crippen molar-refractivity contribution in [2.24, 2.45) is 11.3 Å². The van der Waals surface area contributed by atoms with Crippen molar-refractivity contribution in [3.05, 3.63) is 29.8 Å². The summed E-state index contributed by atoms with van der Waals surface area (Å²) in [5.74, 6) is 1.35. The molecule has 0 radical (unpaired) electrons. The number of alkyl halides is 3. The molecule has 0 fully saturated rings. The zero-order valence-corrected chi connectivity index (χ0v) is 12.2. The first-order valence-corrected chi connectivity index (χ1v) is 6.68. The lowest BCUT2D eigenvalue weighted by molar-refractivity contribution is -0.137. The van der Waals surface area contributed by atoms with Crippen LogP contribution in [0.4, 0.5) is 13.2 Å². The molecule has 0 amide bonds. The summed E-state index contributed by atoms with van der Waals surface area (Å²) in [6.07, 6.45) is -4.31. The Bertz CT molecular complexity index is 393. The Balaban J connectivity index is 2.64. The number of thiol groups is 1. The van der Waals surface area contributed by atoms with E-state index in [-0.39, 0.29) is 11.3 Å². The van der Waals surface area contributed by atoms with Gasteiger partial charge in [-0.3, -0.25) is 0 Å². The maximum absolute atomic E-state index is 12.4. The molecule has 0 N–H and O–H groups in total. The van der Waals surface area contributed by atoms with Crippen LogP contribution in [0.5, 0.6) is 5.75 Å². The maximum Gasteiger partial charge on any atom is 0.416 e. The largest absolute Gasteiger partial charge is 0.493 e. The number of hydrogen-bond donors (Lipinski definition) is 1. The molecule has 0 aromatic heterocycles. The van der Waals surface area contributed by atoms with E-state index in [0.29, 0.717) is 18.1 Å². The van der Waals surface area contributed by atoms with E-state index in [1.54, 1.807) is 0 Å². The highest BCUT2D eigenvalue weighted by Gasteiger charge is 2.30. The Hall–Kier alpha value is -0.840. The molecule has 19 heavy (non-hydrogen) atoms. The molecule has 0 heterocycles. The lowest BCUT2D eigenvalue weighted by Gasteiger charge is -2.29. The van der Waals surface area contributed by atoms with Gasteiger partial charge in [-0.25, -0.2) is 0 Å². The summed E-state index contributed by atoms with van der Waals surface area (Å²) in [5, 5.41) is 0. The average molecular weight is 292 g/mol. The molecule has 108 valence electrons. The van der Waals surface area contributed by atoms with Gasteiger partial charge in [-0.05, 0) is 35.4 Å². The van der Waals surface area contributed by atoms with E-state index >= 15 is 0 Å². The molecule has 1 unspecified atom stereocenters. The van der Waals surface area contributed by atoms with E-state index in [1.165, 1.54) is 12.1 Å². The van der Waals surface area contributed by atoms with Gasteiger partial charge in [0.1, 0.15) is 5.75 Å². The first kappa shape index (κ1) is 16.2. The smallest absolute Gasteiger partial charge is 0.416 e. The van der Waals surface area contributed by atoms with Crippen molar-refractivity contribution in [1.29, 1.82) is 0 Å². The summed E-state index contributed by atoms with van der Waals surface area (Å²) in [4.78, 5) is 0. The highest BCUT2D eigenvalue weighted by Crippen LogP contribution is 2.31. The fourth-order valence-electron chi connectivity index (χ4n) is 1.51. The molecular weight excluding hydrogens is 273 g/mol. The fourth-order valence-corrected chi connectivity index (χ4v) is 2.17. The van der Waals surface area contributed by atoms with E-state index in [0.717, 1.165) is 12.1 Å². The van der Waals surface area contributed by atoms with E-state index < -0.39 is 11.7 Å². The number of hydrogen-bond acceptors (Lipinski definition) is 2. The van der Waals surface area contributed by atoms with Gasteiger partial charge in [0, 0.05) is 5.92 Å². The molecule has 1 atom stereocenters. The summed E-state index contributed by atoms with van der Waals surface area (Å²) >= 11 is 4.28. The lowest BCUT2D eigenvalue weighted by atomic mass is 9.82. The van der Waals surface area contributed by atoms with E-state index in [4.69, 9.17) is 4.74 Å². The lowest BCUT2D eigenvalue weighted by Crippen LogP contribution is -2.28. The van der Waals surface area contributed by atoms with Crippen LogP contribution >= 0.6 is 12.6 Å². The summed E-state index contributed by atoms with van der Waals surface area (Å²) in [6.45, 7) is 6.70. The summed E-state index contributed by atoms with van der Waals surface area (Å²) in [7, 11) is 0. The van der Waals surface area contributed by atoms with Crippen LogP contribution in [0, 0.1) is 11.3 Å². The van der Waals surface area contributed by atoms with Gasteiger partial charge >= 0.3 is 6.18 Å². The molecule has 1 nitrogen and oxygen atoms in total. The zero-order chi connectivity index (χ0) is 14.7. The summed E-state index contributed by atoms with van der Waals surface area (Å²) in [6, 6.07) is 4.76. The van der Waals surface area contributed by atoms with Crippen LogP contribution in [0.15, 0.2) is 24.3 Å². The van der Waals surface area contributed by atoms with Crippen LogP contribution in [0.2, 0.25) is 0 Å². The predicted octanol–water partition coefficient (Wildman–Crippen LogP) is 4.68. The molecule has 0 saturated carbocycles. The topological polar surface area (TPSA) is 9.23 Å². The van der Waals surface area contributed by atoms with Crippen molar-refractivity contribution < 1.29 is 17.9 Å². The van der Waals surface area contributed by atoms with Crippen molar-refractivity contribution >= 4 is 12.6 Å². The zero-order valence-electron chi connectivity index (χ0n) is 11.3. The minimum atomic E-state index is -4.31. The summed E-state index contributed by atoms with van der Waals surface area (Å²) < 4.78 is 42.7. The van der Waals surface area contributed by atoms with Crippen LogP contribution in [0.25, 0.3) is 0 Å². The molecule has 1 rings (SSSR count). The van der Waals surface area contributed by atoms with Crippen LogP contribution in [0.3, 0.4) is 0 Å². The standard InChI is InChI=1S/C14H19F3OS/c1-13(2,3)11(9-19)8-18-12-6-4-10(5-7-12)14(15,16)17/h4-7,11,19H,8-9H2,1-3H3. The molecule has 1 aromatic carbocycles. The van der Waals surface area contributed by atoms with Gasteiger partial charge in [0.25, 0.3) is 0 Å². The van der Waals surface area contributed by atoms with Crippen LogP contribution in [-0.4, -0.2) is 12.4 Å². The Labute approximate surface area is 117 Å². The Morgan fingerprint density at radius 1 is 1.11 bits per heavy atom. The minimum Gasteiger partial charge on any atom is -0.493 e. The molecule has 5 heteroatoms. The minimum absolute atomic E-state index is 0.0493. The van der Waals surface area contributed by atoms with E-state index in [2.05, 4.69) is 33.4 Å². The van der Waals surface area contributed by atoms with Crippen molar-refractivity contribution in [2.45, 2.75) is 26.9 Å². The van der Waals surface area contributed by atoms with Gasteiger partial charge in [0.2, 0.25) is 0 Å². The summed E-state index contributed by atoms with van der Waals surface area (Å²) in [5.41, 5.74) is -0.616. The van der Waals surface area contributed by atoms with Gasteiger partial charge < -0.3 is 4.74 Å². The Morgan fingerprint density at radius 2 is 1.63 bits per heavy atom. The van der Waals surface area contributed by atoms with Crippen LogP contribution in [-0.2, 0) is 6.18 Å². The van der Waals surface area contributed by atoms with Crippen LogP contribution in [0.1, 0.15) is 26.3 Å². The molecule has 1 aromatic rings. The molecule has 0 aliphatic heterocycles. The maximum atomic E-state index is 12.4. The normalized spacial score (nSPS) is 14.3. The fraction of sp³-hybridized carbons (Fsp3) is 0.571. The van der Waals surface area contributed by atoms with Crippen molar-refractivity contribution in [1.82, 2.24) is 0 Å². The molecule has 0 bridgehead atoms. The third-order valence-electron chi connectivity index (χ3n) is 3.08. The number of ether oxygens (including phenoxy) is 1. The quantitative estimate of drug-likeness (QED) is 0.793. The molecule has 0 aliphatic rings. The van der Waals surface area contributed by atoms with Gasteiger partial charge in [0.15, 0.2) is 0 Å². The molecule has 0 aliphatic carbocycles. The van der Waals surface area contributed by atoms with Gasteiger partial charge in [-0.1, -0.05) is 20.8 Å². The van der Waals surface area contributed by atoms with E-state index in [9.17, 15) is 13.2 Å². The number of benzene rings is 1. The number of rotatable bonds is 4. The predicted molar refractivity (Wildman–Crippen MR) is 73.7 cm³/mol. The molecule has 0 spiro atoms. The highest BCUT2D eigenvalue weighted by atomic mass is 32.1. The van der Waals surface area contributed by atoms with Gasteiger partial charge in [-0.2, -0.15) is 25.8 Å². The van der Waals surface area contributed by atoms with Crippen molar-refractivity contribution in [3.8, 4) is 5.75 Å². The second-order valence-electron chi connectivity index (χ2n) is 5.58. The Kier molecular flexibility index (Phi) is 5.18. The third kappa shape index (κ3) is 4.97. The number of halogens is 3. The van der Waals surface area contributed by atoms with Crippen molar-refractivity contribution in [3.63, 3.8) is 0 Å². The molecular formula is C14H19F3OS. The third-order valence-corrected chi connectivity index (χ3v) is 3.52. The first-order valence-electron chi connectivity index (χ1n) is 6.05. The van der Waals surface area contributed by atoms with Crippen molar-refractivity contribution in [2.75, 3.05) is 12.4 Å². The first-order chi connectivity index (χ1) is 8.64. The van der Waals surface area contributed by atoms with Gasteiger partial charge in [0.05, 0.1) is 12.2 Å². The highest BCUT2D eigenvalue weighted by molar-refractivity contribution is 7.80. The molecule has 0 saturated heterocycles. The van der Waals surface area contributed by atoms with Crippen LogP contribution < -0.4 is 4.74 Å². The second kappa shape index (κ2) is 6.07. The second-order valence-corrected chi connectivity index (χ2v) is 5.94.